The second-order valence-electron chi connectivity index (χ2n) is 12.2. The Morgan fingerprint density at radius 3 is 2.59 bits per heavy atom. The molecule has 8 atom stereocenters. The number of aromatic nitrogens is 1. The lowest BCUT2D eigenvalue weighted by Gasteiger charge is -2.34. The van der Waals surface area contributed by atoms with Crippen molar-refractivity contribution >= 4 is 34.3 Å². The number of ether oxygens (including phenoxy) is 1. The standard InChI is InChI=1S/C29H47N3O6S/c1-17-9-8-10-29(6)22(32(29)11-12-33)14-21(18(2)13-20-16-39-27(30-7)31-20)38-24(35)15-23(34)28(4,5)26(37)19(3)25(17)36/h13,16-17,19,21-23,25,33-34,36H,8-12,14-15H2,1-7H3,(H,30,31)/b18-13+/t17-,19+,21-,22-,23-,25-,29+,32?/m0/s1. The fourth-order valence-electron chi connectivity index (χ4n) is 6.08. The van der Waals surface area contributed by atoms with E-state index in [0.29, 0.717) is 13.0 Å². The van der Waals surface area contributed by atoms with Crippen molar-refractivity contribution in [3.63, 3.8) is 0 Å². The summed E-state index contributed by atoms with van der Waals surface area (Å²) in [5.41, 5.74) is 0.210. The molecule has 39 heavy (non-hydrogen) atoms. The van der Waals surface area contributed by atoms with E-state index in [1.165, 1.54) is 11.3 Å². The van der Waals surface area contributed by atoms with Crippen LogP contribution in [0.15, 0.2) is 11.0 Å². The molecule has 2 aliphatic rings. The van der Waals surface area contributed by atoms with Gasteiger partial charge < -0.3 is 25.4 Å². The number of aliphatic hydroxyl groups excluding tert-OH is 3. The second-order valence-corrected chi connectivity index (χ2v) is 13.0. The van der Waals surface area contributed by atoms with Crippen LogP contribution in [0.1, 0.15) is 79.3 Å². The summed E-state index contributed by atoms with van der Waals surface area (Å²) < 4.78 is 5.99. The minimum absolute atomic E-state index is 0.0347. The highest BCUT2D eigenvalue weighted by Crippen LogP contribution is 2.48. The van der Waals surface area contributed by atoms with Gasteiger partial charge in [-0.2, -0.15) is 0 Å². The van der Waals surface area contributed by atoms with E-state index in [-0.39, 0.29) is 36.3 Å². The predicted octanol–water partition coefficient (Wildman–Crippen LogP) is 3.49. The number of carbonyl (C=O) groups is 2. The van der Waals surface area contributed by atoms with Crippen LogP contribution in [0.2, 0.25) is 0 Å². The van der Waals surface area contributed by atoms with E-state index in [1.54, 1.807) is 20.8 Å². The highest BCUT2D eigenvalue weighted by molar-refractivity contribution is 7.13. The van der Waals surface area contributed by atoms with Crippen LogP contribution in [0.25, 0.3) is 6.08 Å². The number of carbonyl (C=O) groups excluding carboxylic acids is 2. The van der Waals surface area contributed by atoms with Gasteiger partial charge in [-0.1, -0.05) is 34.1 Å². The summed E-state index contributed by atoms with van der Waals surface area (Å²) in [6.07, 6.45) is 1.95. The van der Waals surface area contributed by atoms with Crippen molar-refractivity contribution in [1.29, 1.82) is 0 Å². The van der Waals surface area contributed by atoms with Crippen molar-refractivity contribution in [2.45, 2.75) is 104 Å². The van der Waals surface area contributed by atoms with Gasteiger partial charge in [-0.3, -0.25) is 14.5 Å². The molecule has 4 N–H and O–H groups in total. The van der Waals surface area contributed by atoms with Crippen molar-refractivity contribution < 1.29 is 29.6 Å². The molecule has 0 spiro atoms. The van der Waals surface area contributed by atoms with Crippen LogP contribution in [-0.4, -0.2) is 87.0 Å². The number of nitrogens with zero attached hydrogens (tertiary/aromatic N) is 2. The van der Waals surface area contributed by atoms with E-state index in [1.807, 2.05) is 32.4 Å². The molecule has 3 rings (SSSR count). The molecule has 0 saturated carbocycles. The molecule has 0 bridgehead atoms. The number of aliphatic hydroxyl groups is 3. The summed E-state index contributed by atoms with van der Waals surface area (Å²) in [6.45, 7) is 11.5. The average molecular weight is 566 g/mol. The molecule has 1 unspecified atom stereocenters. The van der Waals surface area contributed by atoms with Crippen LogP contribution in [0, 0.1) is 17.3 Å². The number of cyclic esters (lactones) is 1. The van der Waals surface area contributed by atoms with Crippen molar-refractivity contribution in [1.82, 2.24) is 9.88 Å². The Balaban J connectivity index is 1.93. The molecule has 10 heteroatoms. The van der Waals surface area contributed by atoms with Crippen LogP contribution in [-0.2, 0) is 14.3 Å². The number of ketones is 1. The highest BCUT2D eigenvalue weighted by Gasteiger charge is 2.58. The van der Waals surface area contributed by atoms with Crippen LogP contribution in [0.3, 0.4) is 0 Å². The molecular formula is C29H47N3O6S. The van der Waals surface area contributed by atoms with Gasteiger partial charge in [-0.05, 0) is 44.3 Å². The molecular weight excluding hydrogens is 518 g/mol. The van der Waals surface area contributed by atoms with Gasteiger partial charge in [0.05, 0.1) is 36.3 Å². The van der Waals surface area contributed by atoms with Crippen molar-refractivity contribution in [2.24, 2.45) is 17.3 Å². The number of esters is 1. The highest BCUT2D eigenvalue weighted by atomic mass is 32.1. The molecule has 220 valence electrons. The van der Waals surface area contributed by atoms with Crippen LogP contribution in [0.4, 0.5) is 5.13 Å². The lowest BCUT2D eigenvalue weighted by molar-refractivity contribution is -0.154. The number of thiazole rings is 1. The number of hydrogen-bond acceptors (Lipinski definition) is 10. The lowest BCUT2D eigenvalue weighted by Crippen LogP contribution is -2.45. The van der Waals surface area contributed by atoms with Crippen LogP contribution in [0.5, 0.6) is 0 Å². The molecule has 3 heterocycles. The zero-order valence-corrected chi connectivity index (χ0v) is 25.3. The number of rotatable bonds is 5. The van der Waals surface area contributed by atoms with E-state index >= 15 is 0 Å². The Morgan fingerprint density at radius 2 is 1.97 bits per heavy atom. The SMILES string of the molecule is CNc1nc(/C=C(\C)[C@@H]2C[C@@H]3N(CCO)[C@]3(C)CCC[C@H](C)[C@H](O)[C@@H](C)C(=O)C(C)(C)[C@@H](O)CC(=O)O2)cs1. The molecule has 0 aliphatic carbocycles. The predicted molar refractivity (Wildman–Crippen MR) is 153 cm³/mol. The van der Waals surface area contributed by atoms with E-state index in [4.69, 9.17) is 4.74 Å². The van der Waals surface area contributed by atoms with Gasteiger partial charge in [0.2, 0.25) is 0 Å². The summed E-state index contributed by atoms with van der Waals surface area (Å²) in [4.78, 5) is 33.3. The quantitative estimate of drug-likeness (QED) is 0.313. The summed E-state index contributed by atoms with van der Waals surface area (Å²) in [5.74, 6) is -1.63. The number of nitrogens with one attached hydrogen (secondary N) is 1. The number of β-amino-alcohol motifs (C(OH)–C–C–N with tert-alkyl or cyclic N) is 1. The van der Waals surface area contributed by atoms with Gasteiger partial charge in [0, 0.05) is 42.9 Å². The largest absolute Gasteiger partial charge is 0.458 e. The number of hydrogen-bond donors (Lipinski definition) is 4. The number of Topliss-reactive ketones (excluding diaryl/α,β-unsaturated/α-hetero) is 1. The van der Waals surface area contributed by atoms with E-state index in [9.17, 15) is 24.9 Å². The minimum Gasteiger partial charge on any atom is -0.458 e. The monoisotopic (exact) mass is 565 g/mol. The van der Waals surface area contributed by atoms with Gasteiger partial charge in [0.1, 0.15) is 11.9 Å². The first-order valence-corrected chi connectivity index (χ1v) is 14.9. The van der Waals surface area contributed by atoms with Gasteiger partial charge in [-0.15, -0.1) is 11.3 Å². The molecule has 1 aromatic rings. The summed E-state index contributed by atoms with van der Waals surface area (Å²) in [5, 5.41) is 37.4. The van der Waals surface area contributed by atoms with E-state index in [0.717, 1.165) is 35.7 Å². The Kier molecular flexibility index (Phi) is 10.4. The zero-order valence-electron chi connectivity index (χ0n) is 24.4. The fourth-order valence-corrected chi connectivity index (χ4v) is 6.71. The maximum absolute atomic E-state index is 13.3. The summed E-state index contributed by atoms with van der Waals surface area (Å²) in [6, 6.07) is 0.101. The molecule has 2 fully saturated rings. The molecule has 9 nitrogen and oxygen atoms in total. The number of fused-ring (bicyclic) bond motifs is 1. The molecule has 0 aromatic carbocycles. The minimum atomic E-state index is -1.26. The number of anilines is 1. The van der Waals surface area contributed by atoms with E-state index < -0.39 is 35.6 Å². The molecule has 0 radical (unpaired) electrons. The van der Waals surface area contributed by atoms with Gasteiger partial charge >= 0.3 is 5.97 Å². The maximum Gasteiger partial charge on any atom is 0.309 e. The van der Waals surface area contributed by atoms with Gasteiger partial charge in [0.15, 0.2) is 5.13 Å². The zero-order chi connectivity index (χ0) is 29.1. The first kappa shape index (κ1) is 31.7. The third kappa shape index (κ3) is 7.08. The smallest absolute Gasteiger partial charge is 0.309 e. The molecule has 1 aromatic heterocycles. The molecule has 2 aliphatic heterocycles. The maximum atomic E-state index is 13.3. The Morgan fingerprint density at radius 1 is 1.28 bits per heavy atom. The summed E-state index contributed by atoms with van der Waals surface area (Å²) in [7, 11) is 1.81. The van der Waals surface area contributed by atoms with Crippen LogP contribution >= 0.6 is 11.3 Å². The third-order valence-corrected chi connectivity index (χ3v) is 9.91. The van der Waals surface area contributed by atoms with Gasteiger partial charge in [-0.25, -0.2) is 4.98 Å². The Labute approximate surface area is 236 Å². The van der Waals surface area contributed by atoms with Crippen LogP contribution < -0.4 is 5.32 Å². The first-order chi connectivity index (χ1) is 18.3. The normalized spacial score (nSPS) is 36.7. The average Bonchev–Trinajstić information content (AvgIpc) is 3.19. The van der Waals surface area contributed by atoms with Crippen molar-refractivity contribution in [3.8, 4) is 0 Å². The van der Waals surface area contributed by atoms with Crippen molar-refractivity contribution in [2.75, 3.05) is 25.5 Å². The first-order valence-electron chi connectivity index (χ1n) is 14.0. The fraction of sp³-hybridized carbons (Fsp3) is 0.759. The third-order valence-electron chi connectivity index (χ3n) is 9.03. The lowest BCUT2D eigenvalue weighted by atomic mass is 9.73. The molecule has 2 saturated heterocycles. The molecule has 0 amide bonds. The summed E-state index contributed by atoms with van der Waals surface area (Å²) >= 11 is 1.49. The Hall–Kier alpha value is -1.85. The topological polar surface area (TPSA) is 132 Å². The second kappa shape index (κ2) is 12.8. The van der Waals surface area contributed by atoms with E-state index in [2.05, 4.69) is 22.1 Å². The van der Waals surface area contributed by atoms with Crippen molar-refractivity contribution in [3.05, 3.63) is 16.6 Å². The Bertz CT molecular complexity index is 1040. The van der Waals surface area contributed by atoms with Gasteiger partial charge in [0.25, 0.3) is 0 Å².